The summed E-state index contributed by atoms with van der Waals surface area (Å²) in [5.41, 5.74) is 14.8. The topological polar surface area (TPSA) is 276 Å². The number of H-pyrrole nitrogens is 2. The number of benzene rings is 4. The summed E-state index contributed by atoms with van der Waals surface area (Å²) in [6.45, 7) is 0.188. The first-order valence-corrected chi connectivity index (χ1v) is 24.3. The van der Waals surface area contributed by atoms with Crippen molar-refractivity contribution in [1.29, 1.82) is 0 Å². The Morgan fingerprint density at radius 1 is 0.455 bits per heavy atom. The monoisotopic (exact) mass is 940 g/mol. The predicted octanol–water partition coefficient (Wildman–Crippen LogP) is 8.35. The Kier molecular flexibility index (Phi) is 11.2. The molecule has 8 N–H and O–H groups in total. The van der Waals surface area contributed by atoms with Crippen molar-refractivity contribution in [3.8, 4) is 44.5 Å². The summed E-state index contributed by atoms with van der Waals surface area (Å²) in [6.07, 6.45) is 7.32. The molecule has 0 saturated heterocycles. The first-order chi connectivity index (χ1) is 31.4. The van der Waals surface area contributed by atoms with Crippen LogP contribution in [0, 0.1) is 0 Å². The Hall–Kier alpha value is -7.36. The van der Waals surface area contributed by atoms with E-state index in [-0.39, 0.29) is 33.6 Å². The Morgan fingerprint density at radius 2 is 0.727 bits per heavy atom. The highest BCUT2D eigenvalue weighted by Crippen LogP contribution is 2.39. The number of hydrogen-bond donors (Lipinski definition) is 7. The maximum atomic E-state index is 12.4. The number of nitrogens with one attached hydrogen (secondary N) is 3. The Labute approximate surface area is 377 Å². The van der Waals surface area contributed by atoms with Crippen molar-refractivity contribution in [2.24, 2.45) is 5.73 Å². The molecule has 0 radical (unpaired) electrons. The molecule has 0 atom stereocenters. The van der Waals surface area contributed by atoms with Crippen LogP contribution in [-0.4, -0.2) is 71.3 Å². The summed E-state index contributed by atoms with van der Waals surface area (Å²) in [7, 11) is -13.6. The van der Waals surface area contributed by atoms with Crippen LogP contribution in [0.5, 0.6) is 0 Å². The minimum atomic E-state index is -4.53. The molecule has 1 amide bonds. The average Bonchev–Trinajstić information content (AvgIpc) is 4.12. The van der Waals surface area contributed by atoms with Gasteiger partial charge in [0.25, 0.3) is 30.4 Å². The highest BCUT2D eigenvalue weighted by Gasteiger charge is 2.21. The van der Waals surface area contributed by atoms with Crippen LogP contribution in [-0.2, 0) is 35.1 Å². The highest BCUT2D eigenvalue weighted by molar-refractivity contribution is 7.86. The fourth-order valence-corrected chi connectivity index (χ4v) is 9.32. The van der Waals surface area contributed by atoms with Gasteiger partial charge in [-0.3, -0.25) is 18.5 Å². The number of carbonyl (C=O) groups excluding carboxylic acids is 1. The lowest BCUT2D eigenvalue weighted by Crippen LogP contribution is -2.15. The van der Waals surface area contributed by atoms with Crippen molar-refractivity contribution >= 4 is 88.3 Å². The summed E-state index contributed by atoms with van der Waals surface area (Å²) in [4.78, 5) is 28.8. The molecule has 8 bridgehead atoms. The molecule has 0 saturated carbocycles. The molecule has 66 heavy (non-hydrogen) atoms. The van der Waals surface area contributed by atoms with Gasteiger partial charge in [0.2, 0.25) is 5.91 Å². The van der Waals surface area contributed by atoms with Crippen LogP contribution in [0.3, 0.4) is 0 Å². The molecule has 2 aliphatic rings. The third kappa shape index (κ3) is 8.74. The van der Waals surface area contributed by atoms with E-state index >= 15 is 0 Å². The van der Waals surface area contributed by atoms with E-state index in [1.54, 1.807) is 60.7 Å². The number of carbonyl (C=O) groups is 1. The molecule has 2 aliphatic heterocycles. The highest BCUT2D eigenvalue weighted by atomic mass is 32.2. The molecule has 19 heteroatoms. The van der Waals surface area contributed by atoms with E-state index in [0.717, 1.165) is 0 Å². The maximum absolute atomic E-state index is 12.4. The van der Waals surface area contributed by atoms with Crippen LogP contribution in [0.2, 0.25) is 0 Å². The molecule has 4 aromatic carbocycles. The van der Waals surface area contributed by atoms with Gasteiger partial charge in [-0.25, -0.2) is 9.97 Å². The standard InChI is InChI=1S/C47H36N6O10S3/c48-26-25-43(54)49-31-9-1-27(2-10-31)44-35-17-19-37(50-35)45(28-3-11-32(12-4-28)64(55,56)57)39-21-23-41(52-39)47(30-7-15-34(16-8-30)66(61,62)63)42-24-22-40(53-42)46(38-20-18-36(44)51-38)29-5-13-33(14-6-29)65(58,59)60/h1-24,50,53H,25-26,48H2,(H,49,54)(H,55,56,57)(H,58,59,60)(H,61,62,63). The third-order valence-electron chi connectivity index (χ3n) is 10.9. The summed E-state index contributed by atoms with van der Waals surface area (Å²) in [6, 6.07) is 31.4. The number of nitrogens with two attached hydrogens (primary N) is 1. The van der Waals surface area contributed by atoms with Crippen molar-refractivity contribution in [2.45, 2.75) is 21.1 Å². The van der Waals surface area contributed by atoms with Crippen LogP contribution in [0.25, 0.3) is 90.9 Å². The van der Waals surface area contributed by atoms with Gasteiger partial charge < -0.3 is 21.0 Å². The zero-order valence-electron chi connectivity index (χ0n) is 34.2. The third-order valence-corrected chi connectivity index (χ3v) is 13.5. The van der Waals surface area contributed by atoms with Gasteiger partial charge in [-0.15, -0.1) is 0 Å². The molecule has 7 aromatic rings. The van der Waals surface area contributed by atoms with E-state index in [9.17, 15) is 43.7 Å². The fraction of sp³-hybridized carbons (Fsp3) is 0.0426. The minimum Gasteiger partial charge on any atom is -0.354 e. The number of fused-ring (bicyclic) bond motifs is 8. The molecule has 9 rings (SSSR count). The van der Waals surface area contributed by atoms with Crippen molar-refractivity contribution in [3.63, 3.8) is 0 Å². The molecule has 3 aromatic heterocycles. The van der Waals surface area contributed by atoms with E-state index in [1.165, 1.54) is 48.5 Å². The second kappa shape index (κ2) is 16.9. The van der Waals surface area contributed by atoms with E-state index in [4.69, 9.17) is 15.7 Å². The lowest BCUT2D eigenvalue weighted by Gasteiger charge is -2.09. The summed E-state index contributed by atoms with van der Waals surface area (Å²) in [5.74, 6) is -0.240. The van der Waals surface area contributed by atoms with Gasteiger partial charge in [-0.05, 0) is 119 Å². The molecule has 0 spiro atoms. The summed E-state index contributed by atoms with van der Waals surface area (Å²) < 4.78 is 102. The molecule has 332 valence electrons. The Bertz CT molecular complexity index is 3620. The van der Waals surface area contributed by atoms with Crippen LogP contribution in [0.15, 0.2) is 136 Å². The summed E-state index contributed by atoms with van der Waals surface area (Å²) in [5, 5.41) is 2.84. The van der Waals surface area contributed by atoms with E-state index in [0.29, 0.717) is 95.0 Å². The molecule has 0 aliphatic carbocycles. The molecule has 0 unspecified atom stereocenters. The smallest absolute Gasteiger partial charge is 0.294 e. The normalized spacial score (nSPS) is 12.7. The zero-order valence-corrected chi connectivity index (χ0v) is 36.6. The van der Waals surface area contributed by atoms with Crippen molar-refractivity contribution in [2.75, 3.05) is 11.9 Å². The lowest BCUT2D eigenvalue weighted by atomic mass is 10.0. The van der Waals surface area contributed by atoms with Crippen LogP contribution in [0.1, 0.15) is 29.2 Å². The van der Waals surface area contributed by atoms with E-state index < -0.39 is 30.4 Å². The number of aromatic amines is 2. The maximum Gasteiger partial charge on any atom is 0.294 e. The quantitative estimate of drug-likeness (QED) is 0.0636. The van der Waals surface area contributed by atoms with Crippen LogP contribution in [0.4, 0.5) is 5.69 Å². The van der Waals surface area contributed by atoms with Crippen LogP contribution < -0.4 is 11.1 Å². The largest absolute Gasteiger partial charge is 0.354 e. The predicted molar refractivity (Wildman–Crippen MR) is 252 cm³/mol. The first-order valence-electron chi connectivity index (χ1n) is 19.9. The van der Waals surface area contributed by atoms with Crippen molar-refractivity contribution < 1.29 is 43.7 Å². The van der Waals surface area contributed by atoms with Gasteiger partial charge in [0, 0.05) is 63.0 Å². The van der Waals surface area contributed by atoms with Gasteiger partial charge in [0.15, 0.2) is 0 Å². The van der Waals surface area contributed by atoms with Crippen molar-refractivity contribution in [3.05, 3.63) is 144 Å². The molecule has 16 nitrogen and oxygen atoms in total. The van der Waals surface area contributed by atoms with Gasteiger partial charge >= 0.3 is 0 Å². The fourth-order valence-electron chi connectivity index (χ4n) is 7.88. The molecular formula is C47H36N6O10S3. The Morgan fingerprint density at radius 3 is 0.985 bits per heavy atom. The molecule has 5 heterocycles. The molecular weight excluding hydrogens is 905 g/mol. The number of hydrogen-bond acceptors (Lipinski definition) is 10. The second-order valence-corrected chi connectivity index (χ2v) is 19.4. The lowest BCUT2D eigenvalue weighted by molar-refractivity contribution is -0.116. The first kappa shape index (κ1) is 43.9. The summed E-state index contributed by atoms with van der Waals surface area (Å²) >= 11 is 0. The number of aromatic nitrogens is 4. The van der Waals surface area contributed by atoms with Gasteiger partial charge in [0.1, 0.15) is 0 Å². The Balaban J connectivity index is 1.40. The second-order valence-electron chi connectivity index (χ2n) is 15.2. The minimum absolute atomic E-state index is 0.144. The number of amides is 1. The van der Waals surface area contributed by atoms with E-state index in [1.807, 2.05) is 36.4 Å². The number of anilines is 1. The number of nitrogens with zero attached hydrogens (tertiary/aromatic N) is 2. The van der Waals surface area contributed by atoms with Gasteiger partial charge in [0.05, 0.1) is 37.5 Å². The molecule has 0 fully saturated rings. The van der Waals surface area contributed by atoms with Crippen molar-refractivity contribution in [1.82, 2.24) is 19.9 Å². The van der Waals surface area contributed by atoms with E-state index in [2.05, 4.69) is 15.3 Å². The van der Waals surface area contributed by atoms with Crippen LogP contribution >= 0.6 is 0 Å². The SMILES string of the molecule is NCCC(=O)Nc1ccc(-c2c3nc(c(-c4ccc(S(=O)(=O)O)cc4)c4ccc([nH]4)c(-c4ccc(S(=O)(=O)O)cc4)c4nc(c(-c5ccc(S(=O)(=O)O)cc5)c5ccc2[nH]5)C=C4)C=C3)cc1. The van der Waals surface area contributed by atoms with Gasteiger partial charge in [-0.1, -0.05) is 48.5 Å². The number of rotatable bonds is 10. The van der Waals surface area contributed by atoms with Gasteiger partial charge in [-0.2, -0.15) is 25.3 Å². The average molecular weight is 941 g/mol. The zero-order chi connectivity index (χ0) is 46.5.